The maximum Gasteiger partial charge on any atom is 0.254 e. The van der Waals surface area contributed by atoms with E-state index in [1.165, 1.54) is 0 Å². The molecule has 4 rings (SSSR count). The van der Waals surface area contributed by atoms with Gasteiger partial charge in [0.15, 0.2) is 0 Å². The van der Waals surface area contributed by atoms with Crippen LogP contribution in [0.2, 0.25) is 0 Å². The third kappa shape index (κ3) is 3.43. The van der Waals surface area contributed by atoms with Crippen LogP contribution in [-0.4, -0.2) is 41.6 Å². The molecular formula is C21H22N4O2. The molecule has 1 atom stereocenters. The Bertz CT molecular complexity index is 919. The van der Waals surface area contributed by atoms with Crippen molar-refractivity contribution in [1.29, 1.82) is 0 Å². The van der Waals surface area contributed by atoms with Gasteiger partial charge in [0, 0.05) is 37.5 Å². The predicted octanol–water partition coefficient (Wildman–Crippen LogP) is 3.78. The molecule has 138 valence electrons. The number of carbonyl (C=O) groups excluding carboxylic acids is 1. The summed E-state index contributed by atoms with van der Waals surface area (Å²) in [5.74, 6) is 1.06. The summed E-state index contributed by atoms with van der Waals surface area (Å²) in [4.78, 5) is 21.4. The normalized spacial score (nSPS) is 16.5. The van der Waals surface area contributed by atoms with E-state index in [0.717, 1.165) is 24.1 Å². The monoisotopic (exact) mass is 362 g/mol. The third-order valence-corrected chi connectivity index (χ3v) is 4.90. The van der Waals surface area contributed by atoms with E-state index >= 15 is 0 Å². The van der Waals surface area contributed by atoms with Crippen LogP contribution in [0.4, 0.5) is 5.69 Å². The average Bonchev–Trinajstić information content (AvgIpc) is 3.37. The predicted molar refractivity (Wildman–Crippen MR) is 104 cm³/mol. The molecule has 0 aliphatic carbocycles. The molecule has 1 aliphatic heterocycles. The summed E-state index contributed by atoms with van der Waals surface area (Å²) >= 11 is 0. The number of likely N-dealkylation sites (tertiary alicyclic amines) is 1. The molecular weight excluding hydrogens is 340 g/mol. The van der Waals surface area contributed by atoms with E-state index in [0.29, 0.717) is 23.8 Å². The van der Waals surface area contributed by atoms with Crippen LogP contribution in [0.3, 0.4) is 0 Å². The Labute approximate surface area is 158 Å². The number of amides is 1. The van der Waals surface area contributed by atoms with Gasteiger partial charge in [-0.25, -0.2) is 0 Å². The lowest BCUT2D eigenvalue weighted by atomic mass is 10.1. The van der Waals surface area contributed by atoms with Crippen molar-refractivity contribution in [3.63, 3.8) is 0 Å². The zero-order valence-corrected chi connectivity index (χ0v) is 15.5. The van der Waals surface area contributed by atoms with Gasteiger partial charge < -0.3 is 14.3 Å². The first-order valence-corrected chi connectivity index (χ1v) is 9.11. The Balaban J connectivity index is 1.55. The molecule has 2 aromatic carbocycles. The second kappa shape index (κ2) is 7.23. The fourth-order valence-corrected chi connectivity index (χ4v) is 3.41. The molecule has 1 saturated heterocycles. The number of carbonyl (C=O) groups is 1. The summed E-state index contributed by atoms with van der Waals surface area (Å²) in [7, 11) is 3.96. The van der Waals surface area contributed by atoms with Gasteiger partial charge in [0.1, 0.15) is 6.04 Å². The zero-order valence-electron chi connectivity index (χ0n) is 15.5. The highest BCUT2D eigenvalue weighted by Crippen LogP contribution is 2.33. The van der Waals surface area contributed by atoms with E-state index in [9.17, 15) is 4.79 Å². The van der Waals surface area contributed by atoms with Crippen LogP contribution in [0, 0.1) is 0 Å². The smallest absolute Gasteiger partial charge is 0.254 e. The first-order chi connectivity index (χ1) is 13.1. The van der Waals surface area contributed by atoms with Gasteiger partial charge in [-0.05, 0) is 37.1 Å². The Kier molecular flexibility index (Phi) is 4.62. The first kappa shape index (κ1) is 17.3. The minimum atomic E-state index is -0.170. The summed E-state index contributed by atoms with van der Waals surface area (Å²) in [6.45, 7) is 0.696. The van der Waals surface area contributed by atoms with Crippen LogP contribution in [0.1, 0.15) is 35.1 Å². The summed E-state index contributed by atoms with van der Waals surface area (Å²) in [6.07, 6.45) is 1.76. The lowest BCUT2D eigenvalue weighted by Crippen LogP contribution is -2.30. The van der Waals surface area contributed by atoms with Crippen molar-refractivity contribution in [3.05, 3.63) is 66.1 Å². The van der Waals surface area contributed by atoms with Gasteiger partial charge >= 0.3 is 0 Å². The highest BCUT2D eigenvalue weighted by molar-refractivity contribution is 5.95. The quantitative estimate of drug-likeness (QED) is 0.707. The maximum atomic E-state index is 13.0. The summed E-state index contributed by atoms with van der Waals surface area (Å²) in [5.41, 5.74) is 2.65. The number of hydrogen-bond donors (Lipinski definition) is 0. The molecule has 1 aromatic heterocycles. The van der Waals surface area contributed by atoms with Gasteiger partial charge in [-0.3, -0.25) is 4.79 Å². The second-order valence-corrected chi connectivity index (χ2v) is 6.92. The third-order valence-electron chi connectivity index (χ3n) is 4.90. The summed E-state index contributed by atoms with van der Waals surface area (Å²) in [6, 6.07) is 17.2. The van der Waals surface area contributed by atoms with Crippen LogP contribution in [0.25, 0.3) is 11.4 Å². The minimum absolute atomic E-state index is 0.00210. The molecule has 0 saturated carbocycles. The number of rotatable bonds is 4. The topological polar surface area (TPSA) is 62.5 Å². The lowest BCUT2D eigenvalue weighted by Gasteiger charge is -2.22. The Morgan fingerprint density at radius 3 is 2.56 bits per heavy atom. The molecule has 6 heteroatoms. The number of nitrogens with zero attached hydrogens (tertiary/aromatic N) is 4. The molecule has 6 nitrogen and oxygen atoms in total. The standard InChI is InChI=1S/C21H22N4O2/c1-24(2)17-12-10-16(11-13-17)21(26)25-14-6-9-18(25)20-22-19(23-27-20)15-7-4-3-5-8-15/h3-5,7-8,10-13,18H,6,9,14H2,1-2H3/t18-/m0/s1. The largest absolute Gasteiger partial charge is 0.378 e. The van der Waals surface area contributed by atoms with E-state index in [1.54, 1.807) is 0 Å². The van der Waals surface area contributed by atoms with Gasteiger partial charge in [0.2, 0.25) is 11.7 Å². The number of aromatic nitrogens is 2. The van der Waals surface area contributed by atoms with Crippen molar-refractivity contribution in [2.45, 2.75) is 18.9 Å². The number of benzene rings is 2. The molecule has 0 radical (unpaired) electrons. The summed E-state index contributed by atoms with van der Waals surface area (Å²) < 4.78 is 5.51. The van der Waals surface area contributed by atoms with Crippen LogP contribution in [0.5, 0.6) is 0 Å². The fraction of sp³-hybridized carbons (Fsp3) is 0.286. The zero-order chi connectivity index (χ0) is 18.8. The van der Waals surface area contributed by atoms with E-state index < -0.39 is 0 Å². The van der Waals surface area contributed by atoms with Crippen molar-refractivity contribution < 1.29 is 9.32 Å². The molecule has 0 unspecified atom stereocenters. The van der Waals surface area contributed by atoms with E-state index in [2.05, 4.69) is 10.1 Å². The average molecular weight is 362 g/mol. The van der Waals surface area contributed by atoms with Crippen LogP contribution in [0.15, 0.2) is 59.1 Å². The van der Waals surface area contributed by atoms with Crippen LogP contribution in [-0.2, 0) is 0 Å². The molecule has 27 heavy (non-hydrogen) atoms. The number of anilines is 1. The van der Waals surface area contributed by atoms with E-state index in [4.69, 9.17) is 4.52 Å². The Hall–Kier alpha value is -3.15. The van der Waals surface area contributed by atoms with Crippen molar-refractivity contribution in [2.24, 2.45) is 0 Å². The highest BCUT2D eigenvalue weighted by Gasteiger charge is 2.34. The van der Waals surface area contributed by atoms with Crippen LogP contribution < -0.4 is 4.90 Å². The SMILES string of the molecule is CN(C)c1ccc(C(=O)N2CCC[C@H]2c2nc(-c3ccccc3)no2)cc1. The molecule has 0 spiro atoms. The highest BCUT2D eigenvalue weighted by atomic mass is 16.5. The molecule has 1 aliphatic rings. The van der Waals surface area contributed by atoms with Crippen molar-refractivity contribution in [1.82, 2.24) is 15.0 Å². The van der Waals surface area contributed by atoms with E-state index in [-0.39, 0.29) is 11.9 Å². The molecule has 1 amide bonds. The van der Waals surface area contributed by atoms with Gasteiger partial charge in [0.25, 0.3) is 5.91 Å². The number of hydrogen-bond acceptors (Lipinski definition) is 5. The molecule has 3 aromatic rings. The maximum absolute atomic E-state index is 13.0. The van der Waals surface area contributed by atoms with Crippen molar-refractivity contribution in [2.75, 3.05) is 25.5 Å². The van der Waals surface area contributed by atoms with Gasteiger partial charge in [-0.15, -0.1) is 0 Å². The summed E-state index contributed by atoms with van der Waals surface area (Å²) in [5, 5.41) is 4.10. The van der Waals surface area contributed by atoms with E-state index in [1.807, 2.05) is 78.5 Å². The minimum Gasteiger partial charge on any atom is -0.378 e. The van der Waals surface area contributed by atoms with Crippen LogP contribution >= 0.6 is 0 Å². The van der Waals surface area contributed by atoms with Gasteiger partial charge in [-0.2, -0.15) is 4.98 Å². The fourth-order valence-electron chi connectivity index (χ4n) is 3.41. The Morgan fingerprint density at radius 2 is 1.85 bits per heavy atom. The molecule has 2 heterocycles. The lowest BCUT2D eigenvalue weighted by molar-refractivity contribution is 0.0710. The van der Waals surface area contributed by atoms with Gasteiger partial charge in [-0.1, -0.05) is 35.5 Å². The first-order valence-electron chi connectivity index (χ1n) is 9.11. The molecule has 0 bridgehead atoms. The molecule has 1 fully saturated rings. The van der Waals surface area contributed by atoms with Gasteiger partial charge in [0.05, 0.1) is 0 Å². The second-order valence-electron chi connectivity index (χ2n) is 6.92. The Morgan fingerprint density at radius 1 is 1.11 bits per heavy atom. The van der Waals surface area contributed by atoms with Crippen molar-refractivity contribution >= 4 is 11.6 Å². The van der Waals surface area contributed by atoms with Crippen molar-refractivity contribution in [3.8, 4) is 11.4 Å². The molecule has 0 N–H and O–H groups in total.